The van der Waals surface area contributed by atoms with E-state index in [-0.39, 0.29) is 5.97 Å². The molecule has 4 heteroatoms. The van der Waals surface area contributed by atoms with Crippen molar-refractivity contribution in [1.82, 2.24) is 0 Å². The predicted octanol–water partition coefficient (Wildman–Crippen LogP) is 3.32. The van der Waals surface area contributed by atoms with Crippen molar-refractivity contribution in [3.63, 3.8) is 0 Å². The molecule has 0 saturated heterocycles. The lowest BCUT2D eigenvalue weighted by molar-refractivity contribution is -0.142. The molecule has 2 nitrogen and oxygen atoms in total. The number of ether oxygens (including phenoxy) is 1. The summed E-state index contributed by atoms with van der Waals surface area (Å²) in [6.07, 6.45) is 0.319. The predicted molar refractivity (Wildman–Crippen MR) is 62.2 cm³/mol. The summed E-state index contributed by atoms with van der Waals surface area (Å²) in [6.45, 7) is 2.23. The van der Waals surface area contributed by atoms with Crippen LogP contribution in [0, 0.1) is 0 Å². The largest absolute Gasteiger partial charge is 0.466 e. The van der Waals surface area contributed by atoms with Gasteiger partial charge < -0.3 is 4.74 Å². The van der Waals surface area contributed by atoms with Gasteiger partial charge in [-0.15, -0.1) is 0 Å². The van der Waals surface area contributed by atoms with Crippen molar-refractivity contribution >= 4 is 37.8 Å². The number of halogens is 2. The van der Waals surface area contributed by atoms with Gasteiger partial charge in [0.25, 0.3) is 0 Å². The monoisotopic (exact) mass is 320 g/mol. The zero-order valence-corrected chi connectivity index (χ0v) is 10.9. The SMILES string of the molecule is CCOC(=O)Cc1ccc(Br)c(Br)c1. The van der Waals surface area contributed by atoms with Gasteiger partial charge in [0.05, 0.1) is 13.0 Å². The second kappa shape index (κ2) is 5.51. The van der Waals surface area contributed by atoms with E-state index in [4.69, 9.17) is 4.74 Å². The number of esters is 1. The molecule has 1 aromatic carbocycles. The molecule has 14 heavy (non-hydrogen) atoms. The summed E-state index contributed by atoms with van der Waals surface area (Å²) in [5, 5.41) is 0. The highest BCUT2D eigenvalue weighted by Crippen LogP contribution is 2.23. The van der Waals surface area contributed by atoms with E-state index in [0.717, 1.165) is 14.5 Å². The Morgan fingerprint density at radius 1 is 1.36 bits per heavy atom. The van der Waals surface area contributed by atoms with Crippen molar-refractivity contribution in [3.05, 3.63) is 32.7 Å². The molecule has 0 amide bonds. The Bertz CT molecular complexity index is 337. The quantitative estimate of drug-likeness (QED) is 0.798. The molecule has 0 aliphatic heterocycles. The minimum atomic E-state index is -0.193. The van der Waals surface area contributed by atoms with Crippen LogP contribution in [0.4, 0.5) is 0 Å². The number of carbonyl (C=O) groups is 1. The third-order valence-corrected chi connectivity index (χ3v) is 3.52. The van der Waals surface area contributed by atoms with Crippen LogP contribution < -0.4 is 0 Å². The summed E-state index contributed by atoms with van der Waals surface area (Å²) in [5.41, 5.74) is 0.943. The van der Waals surface area contributed by atoms with E-state index < -0.39 is 0 Å². The molecule has 0 aromatic heterocycles. The summed E-state index contributed by atoms with van der Waals surface area (Å²) in [4.78, 5) is 11.2. The van der Waals surface area contributed by atoms with Gasteiger partial charge in [0.15, 0.2) is 0 Å². The first-order chi connectivity index (χ1) is 6.63. The number of benzene rings is 1. The molecule has 0 spiro atoms. The van der Waals surface area contributed by atoms with Gasteiger partial charge in [-0.25, -0.2) is 0 Å². The van der Waals surface area contributed by atoms with Gasteiger partial charge in [0, 0.05) is 8.95 Å². The van der Waals surface area contributed by atoms with Crippen molar-refractivity contribution in [1.29, 1.82) is 0 Å². The molecule has 76 valence electrons. The third-order valence-electron chi connectivity index (χ3n) is 1.64. The van der Waals surface area contributed by atoms with E-state index in [1.165, 1.54) is 0 Å². The Hall–Kier alpha value is -0.350. The highest BCUT2D eigenvalue weighted by molar-refractivity contribution is 9.13. The van der Waals surface area contributed by atoms with Crippen LogP contribution in [-0.4, -0.2) is 12.6 Å². The van der Waals surface area contributed by atoms with Gasteiger partial charge in [-0.05, 0) is 56.5 Å². The molecule has 0 saturated carbocycles. The molecule has 1 rings (SSSR count). The van der Waals surface area contributed by atoms with Gasteiger partial charge in [0.1, 0.15) is 0 Å². The van der Waals surface area contributed by atoms with Gasteiger partial charge in [-0.3, -0.25) is 4.79 Å². The minimum Gasteiger partial charge on any atom is -0.466 e. The lowest BCUT2D eigenvalue weighted by Crippen LogP contribution is -2.07. The molecular weight excluding hydrogens is 312 g/mol. The van der Waals surface area contributed by atoms with E-state index in [0.29, 0.717) is 13.0 Å². The number of carbonyl (C=O) groups excluding carboxylic acids is 1. The van der Waals surface area contributed by atoms with Crippen LogP contribution in [0.5, 0.6) is 0 Å². The molecule has 0 fully saturated rings. The maximum atomic E-state index is 11.2. The van der Waals surface area contributed by atoms with Gasteiger partial charge in [-0.1, -0.05) is 6.07 Å². The van der Waals surface area contributed by atoms with E-state index in [1.54, 1.807) is 6.92 Å². The second-order valence-electron chi connectivity index (χ2n) is 2.73. The van der Waals surface area contributed by atoms with Crippen molar-refractivity contribution in [3.8, 4) is 0 Å². The summed E-state index contributed by atoms with van der Waals surface area (Å²) >= 11 is 6.74. The van der Waals surface area contributed by atoms with Crippen LogP contribution in [0.2, 0.25) is 0 Å². The fourth-order valence-electron chi connectivity index (χ4n) is 1.03. The first-order valence-corrected chi connectivity index (χ1v) is 5.81. The standard InChI is InChI=1S/C10H10Br2O2/c1-2-14-10(13)6-7-3-4-8(11)9(12)5-7/h3-5H,2,6H2,1H3. The maximum Gasteiger partial charge on any atom is 0.310 e. The van der Waals surface area contributed by atoms with Gasteiger partial charge in [0.2, 0.25) is 0 Å². The normalized spacial score (nSPS) is 9.93. The Balaban J connectivity index is 2.68. The van der Waals surface area contributed by atoms with Crippen molar-refractivity contribution < 1.29 is 9.53 Å². The molecule has 0 aliphatic rings. The molecular formula is C10H10Br2O2. The number of hydrogen-bond acceptors (Lipinski definition) is 2. The highest BCUT2D eigenvalue weighted by Gasteiger charge is 2.05. The third kappa shape index (κ3) is 3.42. The summed E-state index contributed by atoms with van der Waals surface area (Å²) in [6, 6.07) is 5.70. The molecule has 0 aliphatic carbocycles. The lowest BCUT2D eigenvalue weighted by atomic mass is 10.2. The Morgan fingerprint density at radius 3 is 2.64 bits per heavy atom. The zero-order valence-electron chi connectivity index (χ0n) is 7.72. The number of rotatable bonds is 3. The molecule has 0 bridgehead atoms. The molecule has 0 heterocycles. The Morgan fingerprint density at radius 2 is 2.07 bits per heavy atom. The van der Waals surface area contributed by atoms with Crippen molar-refractivity contribution in [2.75, 3.05) is 6.61 Å². The average molecular weight is 322 g/mol. The lowest BCUT2D eigenvalue weighted by Gasteiger charge is -2.03. The molecule has 0 radical (unpaired) electrons. The molecule has 0 N–H and O–H groups in total. The minimum absolute atomic E-state index is 0.193. The van der Waals surface area contributed by atoms with Crippen LogP contribution in [0.25, 0.3) is 0 Å². The summed E-state index contributed by atoms with van der Waals surface area (Å²) in [7, 11) is 0. The molecule has 0 atom stereocenters. The van der Waals surface area contributed by atoms with E-state index in [1.807, 2.05) is 18.2 Å². The molecule has 1 aromatic rings. The van der Waals surface area contributed by atoms with E-state index >= 15 is 0 Å². The van der Waals surface area contributed by atoms with Crippen LogP contribution in [0.1, 0.15) is 12.5 Å². The van der Waals surface area contributed by atoms with Crippen LogP contribution >= 0.6 is 31.9 Å². The topological polar surface area (TPSA) is 26.3 Å². The van der Waals surface area contributed by atoms with Gasteiger partial charge in [-0.2, -0.15) is 0 Å². The Kier molecular flexibility index (Phi) is 4.62. The first-order valence-electron chi connectivity index (χ1n) is 4.23. The van der Waals surface area contributed by atoms with Crippen LogP contribution in [0.3, 0.4) is 0 Å². The van der Waals surface area contributed by atoms with Crippen molar-refractivity contribution in [2.24, 2.45) is 0 Å². The van der Waals surface area contributed by atoms with E-state index in [9.17, 15) is 4.79 Å². The maximum absolute atomic E-state index is 11.2. The number of hydrogen-bond donors (Lipinski definition) is 0. The van der Waals surface area contributed by atoms with Crippen LogP contribution in [0.15, 0.2) is 27.1 Å². The van der Waals surface area contributed by atoms with Gasteiger partial charge >= 0.3 is 5.97 Å². The Labute approximate surface area is 99.9 Å². The van der Waals surface area contributed by atoms with Crippen LogP contribution in [-0.2, 0) is 16.0 Å². The summed E-state index contributed by atoms with van der Waals surface area (Å²) < 4.78 is 6.77. The second-order valence-corrected chi connectivity index (χ2v) is 4.44. The van der Waals surface area contributed by atoms with E-state index in [2.05, 4.69) is 31.9 Å². The summed E-state index contributed by atoms with van der Waals surface area (Å²) in [5.74, 6) is -0.193. The fourth-order valence-corrected chi connectivity index (χ4v) is 1.70. The zero-order chi connectivity index (χ0) is 10.6. The smallest absolute Gasteiger partial charge is 0.310 e. The highest BCUT2D eigenvalue weighted by atomic mass is 79.9. The fraction of sp³-hybridized carbons (Fsp3) is 0.300. The average Bonchev–Trinajstić information content (AvgIpc) is 2.12. The molecule has 0 unspecified atom stereocenters. The van der Waals surface area contributed by atoms with Crippen molar-refractivity contribution in [2.45, 2.75) is 13.3 Å². The first kappa shape index (κ1) is 11.7.